The zero-order chi connectivity index (χ0) is 12.7. The second-order valence-electron chi connectivity index (χ2n) is 4.26. The summed E-state index contributed by atoms with van der Waals surface area (Å²) in [5.74, 6) is 0.825. The van der Waals surface area contributed by atoms with Crippen LogP contribution in [0.5, 0.6) is 5.75 Å². The first kappa shape index (κ1) is 13.8. The van der Waals surface area contributed by atoms with Crippen molar-refractivity contribution in [3.8, 4) is 5.75 Å². The summed E-state index contributed by atoms with van der Waals surface area (Å²) in [6.45, 7) is 5.79. The summed E-state index contributed by atoms with van der Waals surface area (Å²) in [5, 5.41) is 3.38. The quantitative estimate of drug-likeness (QED) is 0.761. The van der Waals surface area contributed by atoms with E-state index in [1.54, 1.807) is 7.11 Å². The Labute approximate surface area is 103 Å². The van der Waals surface area contributed by atoms with Crippen molar-refractivity contribution in [2.75, 3.05) is 32.2 Å². The molecular weight excluding hydrogens is 216 g/mol. The fourth-order valence-corrected chi connectivity index (χ4v) is 1.52. The van der Waals surface area contributed by atoms with E-state index in [4.69, 9.17) is 15.2 Å². The maximum atomic E-state index is 5.79. The van der Waals surface area contributed by atoms with E-state index in [9.17, 15) is 0 Å². The summed E-state index contributed by atoms with van der Waals surface area (Å²) in [6.07, 6.45) is 0. The van der Waals surface area contributed by atoms with Gasteiger partial charge in [-0.3, -0.25) is 0 Å². The van der Waals surface area contributed by atoms with Crippen LogP contribution in [-0.2, 0) is 4.74 Å². The Bertz CT molecular complexity index is 344. The standard InChI is InChI=1S/C13H22N2O2/c1-4-17-10-13(2,9-14)15-11-6-5-7-12(8-11)16-3/h5-8,15H,4,9-10,14H2,1-3H3. The Kier molecular flexibility index (Phi) is 5.25. The summed E-state index contributed by atoms with van der Waals surface area (Å²) in [4.78, 5) is 0. The minimum atomic E-state index is -0.262. The predicted octanol–water partition coefficient (Wildman–Crippen LogP) is 1.86. The molecule has 0 radical (unpaired) electrons. The van der Waals surface area contributed by atoms with Gasteiger partial charge in [0.1, 0.15) is 5.75 Å². The molecular formula is C13H22N2O2. The fraction of sp³-hybridized carbons (Fsp3) is 0.538. The summed E-state index contributed by atoms with van der Waals surface area (Å²) in [7, 11) is 1.65. The summed E-state index contributed by atoms with van der Waals surface area (Å²) in [5.41, 5.74) is 6.51. The molecule has 4 nitrogen and oxygen atoms in total. The van der Waals surface area contributed by atoms with Crippen LogP contribution in [0.15, 0.2) is 24.3 Å². The molecule has 0 amide bonds. The lowest BCUT2D eigenvalue weighted by Gasteiger charge is -2.30. The SMILES string of the molecule is CCOCC(C)(CN)Nc1cccc(OC)c1. The zero-order valence-electron chi connectivity index (χ0n) is 10.8. The molecule has 1 unspecified atom stereocenters. The molecule has 0 aromatic heterocycles. The van der Waals surface area contributed by atoms with Gasteiger partial charge in [-0.15, -0.1) is 0 Å². The van der Waals surface area contributed by atoms with Gasteiger partial charge >= 0.3 is 0 Å². The molecule has 1 aromatic rings. The monoisotopic (exact) mass is 238 g/mol. The van der Waals surface area contributed by atoms with Gasteiger partial charge in [-0.25, -0.2) is 0 Å². The van der Waals surface area contributed by atoms with Crippen LogP contribution in [-0.4, -0.2) is 32.4 Å². The highest BCUT2D eigenvalue weighted by Gasteiger charge is 2.22. The number of nitrogens with two attached hydrogens (primary N) is 1. The van der Waals surface area contributed by atoms with Gasteiger partial charge in [0, 0.05) is 24.9 Å². The molecule has 0 saturated heterocycles. The van der Waals surface area contributed by atoms with Crippen LogP contribution in [0.25, 0.3) is 0 Å². The van der Waals surface area contributed by atoms with E-state index >= 15 is 0 Å². The number of methoxy groups -OCH3 is 1. The molecule has 0 fully saturated rings. The molecule has 0 aliphatic heterocycles. The Hall–Kier alpha value is -1.26. The second-order valence-corrected chi connectivity index (χ2v) is 4.26. The van der Waals surface area contributed by atoms with E-state index in [-0.39, 0.29) is 5.54 Å². The van der Waals surface area contributed by atoms with E-state index in [1.807, 2.05) is 38.1 Å². The molecule has 96 valence electrons. The first-order valence-electron chi connectivity index (χ1n) is 5.83. The van der Waals surface area contributed by atoms with E-state index in [2.05, 4.69) is 5.32 Å². The highest BCUT2D eigenvalue weighted by atomic mass is 16.5. The fourth-order valence-electron chi connectivity index (χ4n) is 1.52. The van der Waals surface area contributed by atoms with Crippen LogP contribution in [0.3, 0.4) is 0 Å². The van der Waals surface area contributed by atoms with Gasteiger partial charge in [-0.2, -0.15) is 0 Å². The number of rotatable bonds is 7. The van der Waals surface area contributed by atoms with Crippen molar-refractivity contribution < 1.29 is 9.47 Å². The first-order chi connectivity index (χ1) is 8.13. The van der Waals surface area contributed by atoms with Gasteiger partial charge in [0.25, 0.3) is 0 Å². The normalized spacial score (nSPS) is 14.1. The topological polar surface area (TPSA) is 56.5 Å². The number of ether oxygens (including phenoxy) is 2. The molecule has 0 aliphatic rings. The van der Waals surface area contributed by atoms with Crippen LogP contribution < -0.4 is 15.8 Å². The van der Waals surface area contributed by atoms with Crippen molar-refractivity contribution in [3.63, 3.8) is 0 Å². The van der Waals surface area contributed by atoms with Crippen molar-refractivity contribution in [2.45, 2.75) is 19.4 Å². The molecule has 4 heteroatoms. The lowest BCUT2D eigenvalue weighted by molar-refractivity contribution is 0.112. The molecule has 1 aromatic carbocycles. The number of hydrogen-bond donors (Lipinski definition) is 2. The molecule has 3 N–H and O–H groups in total. The summed E-state index contributed by atoms with van der Waals surface area (Å²) < 4.78 is 10.6. The van der Waals surface area contributed by atoms with Gasteiger partial charge in [-0.1, -0.05) is 6.07 Å². The molecule has 0 bridgehead atoms. The van der Waals surface area contributed by atoms with Crippen LogP contribution in [0.1, 0.15) is 13.8 Å². The third kappa shape index (κ3) is 4.24. The molecule has 1 atom stereocenters. The van der Waals surface area contributed by atoms with Crippen LogP contribution >= 0.6 is 0 Å². The average Bonchev–Trinajstić information content (AvgIpc) is 2.36. The molecule has 0 saturated carbocycles. The lowest BCUT2D eigenvalue weighted by Crippen LogP contribution is -2.46. The maximum absolute atomic E-state index is 5.79. The minimum absolute atomic E-state index is 0.262. The maximum Gasteiger partial charge on any atom is 0.120 e. The third-order valence-corrected chi connectivity index (χ3v) is 2.59. The van der Waals surface area contributed by atoms with Gasteiger partial charge < -0.3 is 20.5 Å². The molecule has 0 spiro atoms. The van der Waals surface area contributed by atoms with Crippen molar-refractivity contribution in [1.29, 1.82) is 0 Å². The van der Waals surface area contributed by atoms with Crippen molar-refractivity contribution in [1.82, 2.24) is 0 Å². The van der Waals surface area contributed by atoms with Crippen molar-refractivity contribution in [2.24, 2.45) is 5.73 Å². The Morgan fingerprint density at radius 2 is 2.18 bits per heavy atom. The molecule has 1 rings (SSSR count). The number of hydrogen-bond acceptors (Lipinski definition) is 4. The van der Waals surface area contributed by atoms with Crippen LogP contribution in [0, 0.1) is 0 Å². The van der Waals surface area contributed by atoms with E-state index in [1.165, 1.54) is 0 Å². The number of nitrogens with one attached hydrogen (secondary N) is 1. The Morgan fingerprint density at radius 1 is 1.41 bits per heavy atom. The van der Waals surface area contributed by atoms with Crippen molar-refractivity contribution in [3.05, 3.63) is 24.3 Å². The first-order valence-corrected chi connectivity index (χ1v) is 5.83. The minimum Gasteiger partial charge on any atom is -0.497 e. The van der Waals surface area contributed by atoms with E-state index in [0.29, 0.717) is 19.8 Å². The molecule has 0 heterocycles. The van der Waals surface area contributed by atoms with Crippen LogP contribution in [0.4, 0.5) is 5.69 Å². The second kappa shape index (κ2) is 6.47. The Morgan fingerprint density at radius 3 is 2.76 bits per heavy atom. The van der Waals surface area contributed by atoms with Gasteiger partial charge in [-0.05, 0) is 26.0 Å². The third-order valence-electron chi connectivity index (χ3n) is 2.59. The highest BCUT2D eigenvalue weighted by Crippen LogP contribution is 2.20. The number of benzene rings is 1. The van der Waals surface area contributed by atoms with Gasteiger partial charge in [0.05, 0.1) is 19.3 Å². The average molecular weight is 238 g/mol. The van der Waals surface area contributed by atoms with Gasteiger partial charge in [0.2, 0.25) is 0 Å². The molecule has 17 heavy (non-hydrogen) atoms. The summed E-state index contributed by atoms with van der Waals surface area (Å²) >= 11 is 0. The van der Waals surface area contributed by atoms with Crippen molar-refractivity contribution >= 4 is 5.69 Å². The van der Waals surface area contributed by atoms with E-state index in [0.717, 1.165) is 11.4 Å². The zero-order valence-corrected chi connectivity index (χ0v) is 10.8. The number of anilines is 1. The highest BCUT2D eigenvalue weighted by molar-refractivity contribution is 5.50. The van der Waals surface area contributed by atoms with E-state index < -0.39 is 0 Å². The van der Waals surface area contributed by atoms with Gasteiger partial charge in [0.15, 0.2) is 0 Å². The lowest BCUT2D eigenvalue weighted by atomic mass is 10.0. The van der Waals surface area contributed by atoms with Crippen LogP contribution in [0.2, 0.25) is 0 Å². The predicted molar refractivity (Wildman–Crippen MR) is 70.6 cm³/mol. The largest absolute Gasteiger partial charge is 0.497 e. The Balaban J connectivity index is 2.71. The molecule has 0 aliphatic carbocycles. The summed E-state index contributed by atoms with van der Waals surface area (Å²) in [6, 6.07) is 7.79. The smallest absolute Gasteiger partial charge is 0.120 e.